The van der Waals surface area contributed by atoms with Crippen LogP contribution in [0, 0.1) is 62.6 Å². The van der Waals surface area contributed by atoms with E-state index in [2.05, 4.69) is 47.6 Å². The number of methoxy groups -OCH3 is 2. The summed E-state index contributed by atoms with van der Waals surface area (Å²) in [4.78, 5) is 66.9. The minimum Gasteiger partial charge on any atom is -0.469 e. The number of allylic oxidation sites excluding steroid dienone is 2. The largest absolute Gasteiger partial charge is 0.469 e. The first-order chi connectivity index (χ1) is 22.3. The Balaban J connectivity index is 1.56. The zero-order chi connectivity index (χ0) is 35.6. The molecular weight excluding hydrogens is 608 g/mol. The number of esters is 3. The van der Waals surface area contributed by atoms with Crippen LogP contribution in [-0.2, 0) is 38.2 Å². The van der Waals surface area contributed by atoms with Crippen molar-refractivity contribution in [3.63, 3.8) is 0 Å². The maximum absolute atomic E-state index is 14.8. The first-order valence-corrected chi connectivity index (χ1v) is 18.4. The lowest BCUT2D eigenvalue weighted by atomic mass is 9.33. The van der Waals surface area contributed by atoms with Gasteiger partial charge in [0.2, 0.25) is 0 Å². The lowest BCUT2D eigenvalue weighted by molar-refractivity contribution is -0.214. The maximum atomic E-state index is 14.8. The van der Waals surface area contributed by atoms with Crippen LogP contribution < -0.4 is 0 Å². The molecule has 48 heavy (non-hydrogen) atoms. The van der Waals surface area contributed by atoms with Crippen LogP contribution in [-0.4, -0.2) is 49.8 Å². The lowest BCUT2D eigenvalue weighted by Gasteiger charge is -2.70. The average Bonchev–Trinajstić information content (AvgIpc) is 3.02. The average molecular weight is 669 g/mol. The number of carbonyl (C=O) groups is 5. The molecule has 0 amide bonds. The second-order valence-corrected chi connectivity index (χ2v) is 17.7. The van der Waals surface area contributed by atoms with Crippen molar-refractivity contribution in [3.05, 3.63) is 11.6 Å². The predicted molar refractivity (Wildman–Crippen MR) is 181 cm³/mol. The summed E-state index contributed by atoms with van der Waals surface area (Å²) in [5, 5.41) is 0. The molecule has 0 heterocycles. The highest BCUT2D eigenvalue weighted by atomic mass is 16.5. The van der Waals surface area contributed by atoms with E-state index in [1.165, 1.54) is 39.6 Å². The molecule has 5 aliphatic rings. The van der Waals surface area contributed by atoms with Gasteiger partial charge in [-0.15, -0.1) is 0 Å². The van der Waals surface area contributed by atoms with Gasteiger partial charge in [-0.3, -0.25) is 24.0 Å². The number of Topliss-reactive ketones (excluding diaryl/α,β-unsaturated/α-hetero) is 1. The SMILES string of the molecule is COC(=O)CCC(CC(=O)[C@]1(C)C2CC[C@]3(C)C(C(=O)C=C4C5[C@@H](C)[C@H](C)CC[C@]5(C)CC[C@]43C)[C@@]2(C)CC[C@H]1OC(C)=O)C(=O)OC. The van der Waals surface area contributed by atoms with Crippen molar-refractivity contribution in [2.24, 2.45) is 62.6 Å². The van der Waals surface area contributed by atoms with Crippen LogP contribution in [0.25, 0.3) is 0 Å². The van der Waals surface area contributed by atoms with Crippen LogP contribution in [0.15, 0.2) is 11.6 Å². The van der Waals surface area contributed by atoms with E-state index in [9.17, 15) is 24.0 Å². The molecule has 5 aliphatic carbocycles. The summed E-state index contributed by atoms with van der Waals surface area (Å²) in [5.41, 5.74) is -0.476. The minimum absolute atomic E-state index is 0.0194. The predicted octanol–water partition coefficient (Wildman–Crippen LogP) is 7.46. The van der Waals surface area contributed by atoms with Crippen LogP contribution >= 0.6 is 0 Å². The van der Waals surface area contributed by atoms with Crippen molar-refractivity contribution in [3.8, 4) is 0 Å². The van der Waals surface area contributed by atoms with Gasteiger partial charge in [0.25, 0.3) is 0 Å². The number of ketones is 2. The van der Waals surface area contributed by atoms with Gasteiger partial charge in [-0.2, -0.15) is 0 Å². The number of carbonyl (C=O) groups excluding carboxylic acids is 5. The van der Waals surface area contributed by atoms with E-state index >= 15 is 0 Å². The summed E-state index contributed by atoms with van der Waals surface area (Å²) in [6.45, 7) is 17.5. The normalized spacial score (nSPS) is 44.0. The highest BCUT2D eigenvalue weighted by molar-refractivity contribution is 5.96. The summed E-state index contributed by atoms with van der Waals surface area (Å²) >= 11 is 0. The van der Waals surface area contributed by atoms with Gasteiger partial charge in [-0.1, -0.05) is 47.1 Å². The Bertz CT molecular complexity index is 1380. The van der Waals surface area contributed by atoms with E-state index in [0.717, 1.165) is 25.7 Å². The Hall–Kier alpha value is -2.51. The zero-order valence-electron chi connectivity index (χ0n) is 31.2. The number of rotatable bonds is 8. The maximum Gasteiger partial charge on any atom is 0.309 e. The van der Waals surface area contributed by atoms with Crippen LogP contribution in [0.4, 0.5) is 0 Å². The van der Waals surface area contributed by atoms with Crippen molar-refractivity contribution in [2.45, 2.75) is 132 Å². The molecule has 0 aromatic carbocycles. The summed E-state index contributed by atoms with van der Waals surface area (Å²) in [7, 11) is 2.57. The molecule has 0 aromatic rings. The first-order valence-electron chi connectivity index (χ1n) is 18.4. The van der Waals surface area contributed by atoms with Crippen LogP contribution in [0.5, 0.6) is 0 Å². The highest BCUT2D eigenvalue weighted by Crippen LogP contribution is 2.75. The number of fused-ring (bicyclic) bond motifs is 7. The first kappa shape index (κ1) is 36.8. The third kappa shape index (κ3) is 5.41. The Kier molecular flexibility index (Phi) is 9.71. The van der Waals surface area contributed by atoms with Crippen molar-refractivity contribution >= 4 is 29.5 Å². The topological polar surface area (TPSA) is 113 Å². The molecule has 4 unspecified atom stereocenters. The van der Waals surface area contributed by atoms with E-state index in [-0.39, 0.29) is 58.9 Å². The van der Waals surface area contributed by atoms with Gasteiger partial charge in [0.1, 0.15) is 11.9 Å². The van der Waals surface area contributed by atoms with Crippen molar-refractivity contribution < 1.29 is 38.2 Å². The van der Waals surface area contributed by atoms with E-state index < -0.39 is 40.8 Å². The van der Waals surface area contributed by atoms with Crippen LogP contribution in [0.2, 0.25) is 0 Å². The Morgan fingerprint density at radius 2 is 1.58 bits per heavy atom. The lowest BCUT2D eigenvalue weighted by Crippen LogP contribution is -2.68. The van der Waals surface area contributed by atoms with Crippen molar-refractivity contribution in [1.82, 2.24) is 0 Å². The molecule has 0 radical (unpaired) electrons. The Morgan fingerprint density at radius 3 is 2.21 bits per heavy atom. The fourth-order valence-corrected chi connectivity index (χ4v) is 12.4. The van der Waals surface area contributed by atoms with Gasteiger partial charge in [-0.25, -0.2) is 0 Å². The molecule has 0 saturated heterocycles. The molecule has 0 aliphatic heterocycles. The molecule has 4 saturated carbocycles. The molecule has 8 nitrogen and oxygen atoms in total. The second-order valence-electron chi connectivity index (χ2n) is 17.7. The molecule has 0 aromatic heterocycles. The third-order valence-electron chi connectivity index (χ3n) is 15.5. The van der Waals surface area contributed by atoms with E-state index in [1.54, 1.807) is 0 Å². The molecule has 268 valence electrons. The fraction of sp³-hybridized carbons (Fsp3) is 0.825. The van der Waals surface area contributed by atoms with Gasteiger partial charge in [-0.05, 0) is 116 Å². The van der Waals surface area contributed by atoms with Crippen LogP contribution in [0.1, 0.15) is 126 Å². The van der Waals surface area contributed by atoms with E-state index in [4.69, 9.17) is 14.2 Å². The molecule has 12 atom stereocenters. The third-order valence-corrected chi connectivity index (χ3v) is 15.5. The minimum atomic E-state index is -1.12. The monoisotopic (exact) mass is 668 g/mol. The zero-order valence-corrected chi connectivity index (χ0v) is 31.2. The standard InChI is InChI=1S/C40H60O8/c1-23-13-16-36(4)19-20-38(6)27(33(36)24(23)2)22-28(42)34-37(5)17-15-31(48-25(3)41)40(8,29(37)14-18-39(34,38)7)30(43)21-26(35(45)47-10)11-12-32(44)46-9/h22-24,26,29,31,33-34H,11-21H2,1-10H3/t23-,24+,26?,29?,31-,33?,34?,36-,37+,38-,39-,40+/m1/s1. The number of hydrogen-bond donors (Lipinski definition) is 0. The molecule has 5 rings (SSSR count). The van der Waals surface area contributed by atoms with Crippen molar-refractivity contribution in [1.29, 1.82) is 0 Å². The molecule has 4 fully saturated rings. The number of ether oxygens (including phenoxy) is 3. The molecular formula is C40H60O8. The van der Waals surface area contributed by atoms with Gasteiger partial charge >= 0.3 is 17.9 Å². The smallest absolute Gasteiger partial charge is 0.309 e. The molecule has 8 heteroatoms. The number of hydrogen-bond acceptors (Lipinski definition) is 8. The van der Waals surface area contributed by atoms with E-state index in [0.29, 0.717) is 30.6 Å². The highest BCUT2D eigenvalue weighted by Gasteiger charge is 2.72. The van der Waals surface area contributed by atoms with Crippen LogP contribution in [0.3, 0.4) is 0 Å². The second kappa shape index (κ2) is 12.7. The fourth-order valence-electron chi connectivity index (χ4n) is 12.4. The van der Waals surface area contributed by atoms with Gasteiger partial charge in [0.05, 0.1) is 25.6 Å². The van der Waals surface area contributed by atoms with Gasteiger partial charge in [0.15, 0.2) is 5.78 Å². The Morgan fingerprint density at radius 1 is 0.896 bits per heavy atom. The molecule has 0 N–H and O–H groups in total. The summed E-state index contributed by atoms with van der Waals surface area (Å²) in [6.07, 6.45) is 8.64. The summed E-state index contributed by atoms with van der Waals surface area (Å²) in [6, 6.07) is 0. The summed E-state index contributed by atoms with van der Waals surface area (Å²) < 4.78 is 15.8. The quantitative estimate of drug-likeness (QED) is 0.194. The van der Waals surface area contributed by atoms with Gasteiger partial charge in [0, 0.05) is 25.7 Å². The molecule has 0 bridgehead atoms. The molecule has 0 spiro atoms. The summed E-state index contributed by atoms with van der Waals surface area (Å²) in [5.74, 6) is -1.30. The van der Waals surface area contributed by atoms with Gasteiger partial charge < -0.3 is 14.2 Å². The van der Waals surface area contributed by atoms with E-state index in [1.807, 2.05) is 6.92 Å². The Labute approximate surface area is 287 Å². The van der Waals surface area contributed by atoms with Crippen molar-refractivity contribution in [2.75, 3.05) is 14.2 Å².